The molecule has 0 saturated carbocycles. The van der Waals surface area contributed by atoms with E-state index in [1.165, 1.54) is 0 Å². The van der Waals surface area contributed by atoms with Gasteiger partial charge in [0.2, 0.25) is 5.91 Å². The summed E-state index contributed by atoms with van der Waals surface area (Å²) in [5, 5.41) is 3.10. The first kappa shape index (κ1) is 16.8. The Kier molecular flexibility index (Phi) is 5.04. The van der Waals surface area contributed by atoms with E-state index in [1.54, 1.807) is 0 Å². The number of carbonyl (C=O) groups is 1. The number of hydrogen-bond donors (Lipinski definition) is 2. The molecule has 1 aliphatic heterocycles. The standard InChI is InChI=1S/C18H24N2O4/c1-11(2)17(20-16(21)8-6-13-4-3-9-23-13)12-5-7-14-15(10-12)24-18(22)19-14/h5,7,10-11,13,17H,3-4,6,8-9H2,1-2H3,(H,19,22)(H,20,21)/t13-,17+/m1/s1. The van der Waals surface area contributed by atoms with Gasteiger partial charge in [0.1, 0.15) is 0 Å². The van der Waals surface area contributed by atoms with Crippen LogP contribution in [0.15, 0.2) is 27.4 Å². The molecule has 2 heterocycles. The Balaban J connectivity index is 1.68. The summed E-state index contributed by atoms with van der Waals surface area (Å²) in [6, 6.07) is 5.42. The Morgan fingerprint density at radius 3 is 2.96 bits per heavy atom. The highest BCUT2D eigenvalue weighted by Gasteiger charge is 2.21. The van der Waals surface area contributed by atoms with Gasteiger partial charge in [0, 0.05) is 13.0 Å². The van der Waals surface area contributed by atoms with Crippen molar-refractivity contribution in [3.8, 4) is 0 Å². The number of amides is 1. The molecule has 1 fully saturated rings. The molecule has 2 N–H and O–H groups in total. The molecule has 130 valence electrons. The number of rotatable bonds is 6. The van der Waals surface area contributed by atoms with Gasteiger partial charge in [-0.15, -0.1) is 0 Å². The van der Waals surface area contributed by atoms with E-state index in [0.717, 1.165) is 31.4 Å². The smallest absolute Gasteiger partial charge is 0.408 e. The summed E-state index contributed by atoms with van der Waals surface area (Å²) in [6.45, 7) is 4.92. The van der Waals surface area contributed by atoms with Crippen molar-refractivity contribution in [1.29, 1.82) is 0 Å². The van der Waals surface area contributed by atoms with E-state index in [1.807, 2.05) is 18.2 Å². The van der Waals surface area contributed by atoms with Crippen LogP contribution in [0.4, 0.5) is 0 Å². The van der Waals surface area contributed by atoms with Crippen LogP contribution in [0.2, 0.25) is 0 Å². The van der Waals surface area contributed by atoms with Gasteiger partial charge in [-0.1, -0.05) is 19.9 Å². The lowest BCUT2D eigenvalue weighted by molar-refractivity contribution is -0.122. The lowest BCUT2D eigenvalue weighted by Gasteiger charge is -2.23. The third-order valence-corrected chi connectivity index (χ3v) is 4.50. The fourth-order valence-corrected chi connectivity index (χ4v) is 3.20. The lowest BCUT2D eigenvalue weighted by atomic mass is 9.95. The molecule has 0 radical (unpaired) electrons. The van der Waals surface area contributed by atoms with Crippen LogP contribution >= 0.6 is 0 Å². The molecule has 1 aromatic heterocycles. The predicted molar refractivity (Wildman–Crippen MR) is 90.8 cm³/mol. The summed E-state index contributed by atoms with van der Waals surface area (Å²) in [5.41, 5.74) is 2.11. The molecule has 6 heteroatoms. The normalized spacial score (nSPS) is 19.0. The first-order valence-corrected chi connectivity index (χ1v) is 8.56. The zero-order valence-electron chi connectivity index (χ0n) is 14.1. The van der Waals surface area contributed by atoms with Crippen molar-refractivity contribution >= 4 is 17.0 Å². The van der Waals surface area contributed by atoms with Crippen LogP contribution in [0, 0.1) is 5.92 Å². The maximum absolute atomic E-state index is 12.3. The summed E-state index contributed by atoms with van der Waals surface area (Å²) in [4.78, 5) is 26.2. The molecular weight excluding hydrogens is 308 g/mol. The van der Waals surface area contributed by atoms with Gasteiger partial charge in [-0.3, -0.25) is 9.78 Å². The number of ether oxygens (including phenoxy) is 1. The second-order valence-corrected chi connectivity index (χ2v) is 6.73. The Morgan fingerprint density at radius 1 is 1.42 bits per heavy atom. The molecule has 0 unspecified atom stereocenters. The number of hydrogen-bond acceptors (Lipinski definition) is 4. The molecule has 1 aromatic carbocycles. The minimum absolute atomic E-state index is 0.0276. The number of oxazole rings is 1. The van der Waals surface area contributed by atoms with E-state index in [-0.39, 0.29) is 24.0 Å². The SMILES string of the molecule is CC(C)[C@H](NC(=O)CC[C@H]1CCCO1)c1ccc2[nH]c(=O)oc2c1. The molecule has 2 aromatic rings. The highest BCUT2D eigenvalue weighted by Crippen LogP contribution is 2.25. The monoisotopic (exact) mass is 332 g/mol. The van der Waals surface area contributed by atoms with Crippen molar-refractivity contribution in [3.63, 3.8) is 0 Å². The van der Waals surface area contributed by atoms with E-state index in [4.69, 9.17) is 9.15 Å². The van der Waals surface area contributed by atoms with Crippen LogP contribution in [0.1, 0.15) is 51.1 Å². The molecule has 24 heavy (non-hydrogen) atoms. The number of fused-ring (bicyclic) bond motifs is 1. The minimum Gasteiger partial charge on any atom is -0.408 e. The zero-order valence-corrected chi connectivity index (χ0v) is 14.1. The highest BCUT2D eigenvalue weighted by molar-refractivity contribution is 5.77. The summed E-state index contributed by atoms with van der Waals surface area (Å²) < 4.78 is 10.7. The Labute approximate surface area is 140 Å². The molecule has 6 nitrogen and oxygen atoms in total. The van der Waals surface area contributed by atoms with Crippen LogP contribution in [0.5, 0.6) is 0 Å². The van der Waals surface area contributed by atoms with Crippen molar-refractivity contribution in [2.75, 3.05) is 6.61 Å². The van der Waals surface area contributed by atoms with Crippen LogP contribution in [0.25, 0.3) is 11.1 Å². The van der Waals surface area contributed by atoms with Gasteiger partial charge in [-0.05, 0) is 42.9 Å². The van der Waals surface area contributed by atoms with Crippen LogP contribution in [-0.4, -0.2) is 23.6 Å². The molecular formula is C18H24N2O4. The lowest BCUT2D eigenvalue weighted by Crippen LogP contribution is -2.32. The van der Waals surface area contributed by atoms with Gasteiger partial charge >= 0.3 is 5.76 Å². The fraction of sp³-hybridized carbons (Fsp3) is 0.556. The molecule has 0 bridgehead atoms. The quantitative estimate of drug-likeness (QED) is 0.852. The molecule has 0 aliphatic carbocycles. The van der Waals surface area contributed by atoms with E-state index >= 15 is 0 Å². The fourth-order valence-electron chi connectivity index (χ4n) is 3.20. The van der Waals surface area contributed by atoms with Crippen LogP contribution < -0.4 is 11.1 Å². The number of nitrogens with one attached hydrogen (secondary N) is 2. The van der Waals surface area contributed by atoms with E-state index < -0.39 is 5.76 Å². The van der Waals surface area contributed by atoms with Crippen molar-refractivity contribution in [3.05, 3.63) is 34.3 Å². The Bertz CT molecular complexity index is 756. The summed E-state index contributed by atoms with van der Waals surface area (Å²) >= 11 is 0. The number of benzene rings is 1. The van der Waals surface area contributed by atoms with Crippen molar-refractivity contribution in [1.82, 2.24) is 10.3 Å². The largest absolute Gasteiger partial charge is 0.417 e. The number of aromatic amines is 1. The van der Waals surface area contributed by atoms with E-state index in [0.29, 0.717) is 17.5 Å². The first-order chi connectivity index (χ1) is 11.5. The summed E-state index contributed by atoms with van der Waals surface area (Å²) in [6.07, 6.45) is 3.59. The van der Waals surface area contributed by atoms with E-state index in [9.17, 15) is 9.59 Å². The molecule has 3 rings (SSSR count). The van der Waals surface area contributed by atoms with Gasteiger partial charge in [0.05, 0.1) is 17.7 Å². The maximum Gasteiger partial charge on any atom is 0.417 e. The highest BCUT2D eigenvalue weighted by atomic mass is 16.5. The average molecular weight is 332 g/mol. The number of carbonyl (C=O) groups excluding carboxylic acids is 1. The topological polar surface area (TPSA) is 84.3 Å². The summed E-state index contributed by atoms with van der Waals surface area (Å²) in [5.74, 6) is -0.219. The first-order valence-electron chi connectivity index (χ1n) is 8.56. The Morgan fingerprint density at radius 2 is 2.25 bits per heavy atom. The molecule has 0 spiro atoms. The molecule has 1 aliphatic rings. The van der Waals surface area contributed by atoms with Crippen LogP contribution in [0.3, 0.4) is 0 Å². The average Bonchev–Trinajstić information content (AvgIpc) is 3.17. The maximum atomic E-state index is 12.3. The van der Waals surface area contributed by atoms with Crippen molar-refractivity contribution < 1.29 is 13.9 Å². The number of aromatic nitrogens is 1. The van der Waals surface area contributed by atoms with Crippen LogP contribution in [-0.2, 0) is 9.53 Å². The third kappa shape index (κ3) is 3.87. The van der Waals surface area contributed by atoms with Gasteiger partial charge in [0.15, 0.2) is 5.58 Å². The predicted octanol–water partition coefficient (Wildman–Crippen LogP) is 2.89. The second kappa shape index (κ2) is 7.21. The molecule has 1 amide bonds. The minimum atomic E-state index is -0.469. The zero-order chi connectivity index (χ0) is 17.1. The van der Waals surface area contributed by atoms with Gasteiger partial charge < -0.3 is 14.5 Å². The second-order valence-electron chi connectivity index (χ2n) is 6.73. The van der Waals surface area contributed by atoms with Gasteiger partial charge in [-0.2, -0.15) is 0 Å². The third-order valence-electron chi connectivity index (χ3n) is 4.50. The summed E-state index contributed by atoms with van der Waals surface area (Å²) in [7, 11) is 0. The van der Waals surface area contributed by atoms with E-state index in [2.05, 4.69) is 24.1 Å². The molecule has 1 saturated heterocycles. The van der Waals surface area contributed by atoms with Gasteiger partial charge in [-0.25, -0.2) is 4.79 Å². The number of H-pyrrole nitrogens is 1. The van der Waals surface area contributed by atoms with Gasteiger partial charge in [0.25, 0.3) is 0 Å². The van der Waals surface area contributed by atoms with Crippen molar-refractivity contribution in [2.45, 2.75) is 51.7 Å². The molecule has 2 atom stereocenters. The van der Waals surface area contributed by atoms with Crippen molar-refractivity contribution in [2.24, 2.45) is 5.92 Å². The Hall–Kier alpha value is -2.08.